The van der Waals surface area contributed by atoms with Gasteiger partial charge in [0.25, 0.3) is 0 Å². The highest BCUT2D eigenvalue weighted by Gasteiger charge is 2.56. The highest BCUT2D eigenvalue weighted by Crippen LogP contribution is 2.38. The number of hydrogen-bond acceptors (Lipinski definition) is 5. The first-order valence-corrected chi connectivity index (χ1v) is 8.87. The Hall–Kier alpha value is -3.43. The van der Waals surface area contributed by atoms with Crippen LogP contribution in [0.2, 0.25) is 0 Å². The van der Waals surface area contributed by atoms with Crippen LogP contribution in [0.4, 0.5) is 22.0 Å². The van der Waals surface area contributed by atoms with Crippen LogP contribution in [0.5, 0.6) is 11.5 Å². The zero-order valence-corrected chi connectivity index (χ0v) is 15.8. The lowest BCUT2D eigenvalue weighted by molar-refractivity contribution is -0.297. The summed E-state index contributed by atoms with van der Waals surface area (Å²) >= 11 is 0. The predicted octanol–water partition coefficient (Wildman–Crippen LogP) is 4.03. The Morgan fingerprint density at radius 2 is 1.48 bits per heavy atom. The normalized spacial score (nSPS) is 12.0. The van der Waals surface area contributed by atoms with Gasteiger partial charge >= 0.3 is 18.1 Å². The maximum absolute atomic E-state index is 12.8. The van der Waals surface area contributed by atoms with Crippen molar-refractivity contribution >= 4 is 18.0 Å². The number of carboxylic acid groups (broad SMARTS) is 1. The molecule has 2 rings (SSSR count). The van der Waals surface area contributed by atoms with Crippen molar-refractivity contribution in [1.29, 1.82) is 0 Å². The predicted molar refractivity (Wildman–Crippen MR) is 97.6 cm³/mol. The molecular weight excluding hydrogens is 427 g/mol. The minimum absolute atomic E-state index is 0.150. The third-order valence-electron chi connectivity index (χ3n) is 3.91. The van der Waals surface area contributed by atoms with E-state index in [9.17, 15) is 36.6 Å². The molecule has 31 heavy (non-hydrogen) atoms. The summed E-state index contributed by atoms with van der Waals surface area (Å²) in [4.78, 5) is 22.5. The average Bonchev–Trinajstić information content (AvgIpc) is 2.70. The number of aliphatic carboxylic acids is 1. The van der Waals surface area contributed by atoms with Crippen LogP contribution >= 0.6 is 0 Å². The monoisotopic (exact) mass is 443 g/mol. The second kappa shape index (κ2) is 10.1. The number of benzene rings is 2. The van der Waals surface area contributed by atoms with Gasteiger partial charge in [0.15, 0.2) is 0 Å². The van der Waals surface area contributed by atoms with Crippen molar-refractivity contribution in [1.82, 2.24) is 0 Å². The summed E-state index contributed by atoms with van der Waals surface area (Å²) in [6.45, 7) is -0.353. The Bertz CT molecular complexity index is 919. The molecule has 0 spiro atoms. The zero-order valence-electron chi connectivity index (χ0n) is 15.8. The fraction of sp³-hybridized carbons (Fsp3) is 0.238. The molecule has 0 unspecified atom stereocenters. The largest absolute Gasteiger partial charge is 0.545 e. The molecule has 0 N–H and O–H groups in total. The number of halogens is 5. The Morgan fingerprint density at radius 1 is 0.903 bits per heavy atom. The van der Waals surface area contributed by atoms with Gasteiger partial charge in [-0.25, -0.2) is 4.79 Å². The second-order valence-electron chi connectivity index (χ2n) is 6.29. The third-order valence-corrected chi connectivity index (χ3v) is 3.91. The summed E-state index contributed by atoms with van der Waals surface area (Å²) in [7, 11) is 0. The van der Waals surface area contributed by atoms with E-state index in [1.54, 1.807) is 0 Å². The number of alkyl halides is 5. The number of rotatable bonds is 9. The Morgan fingerprint density at radius 3 is 2.03 bits per heavy atom. The lowest BCUT2D eigenvalue weighted by Gasteiger charge is -2.19. The average molecular weight is 443 g/mol. The van der Waals surface area contributed by atoms with Crippen LogP contribution < -0.4 is 14.6 Å². The van der Waals surface area contributed by atoms with Crippen LogP contribution in [-0.2, 0) is 4.79 Å². The first kappa shape index (κ1) is 23.8. The van der Waals surface area contributed by atoms with Crippen molar-refractivity contribution in [2.45, 2.75) is 24.9 Å². The molecular formula is C21H16F5O5-. The minimum Gasteiger partial charge on any atom is -0.545 e. The number of carbonyl (C=O) groups is 2. The molecule has 0 heterocycles. The van der Waals surface area contributed by atoms with Gasteiger partial charge in [-0.1, -0.05) is 18.2 Å². The van der Waals surface area contributed by atoms with E-state index in [1.807, 2.05) is 0 Å². The Labute approximate surface area is 173 Å². The number of ether oxygens (including phenoxy) is 2. The van der Waals surface area contributed by atoms with Gasteiger partial charge in [0.1, 0.15) is 11.5 Å². The number of hydrogen-bond donors (Lipinski definition) is 0. The van der Waals surface area contributed by atoms with Crippen LogP contribution in [0.15, 0.2) is 54.6 Å². The van der Waals surface area contributed by atoms with Crippen molar-refractivity contribution in [2.75, 3.05) is 6.61 Å². The van der Waals surface area contributed by atoms with E-state index in [0.29, 0.717) is 5.56 Å². The van der Waals surface area contributed by atoms with Crippen molar-refractivity contribution < 1.29 is 46.1 Å². The van der Waals surface area contributed by atoms with Gasteiger partial charge in [0.2, 0.25) is 0 Å². The van der Waals surface area contributed by atoms with Gasteiger partial charge in [-0.3, -0.25) is 0 Å². The highest BCUT2D eigenvalue weighted by atomic mass is 19.4. The summed E-state index contributed by atoms with van der Waals surface area (Å²) in [5, 5.41) is 10.4. The molecule has 5 nitrogen and oxygen atoms in total. The van der Waals surface area contributed by atoms with E-state index >= 15 is 0 Å². The summed E-state index contributed by atoms with van der Waals surface area (Å²) in [6, 6.07) is 11.4. The topological polar surface area (TPSA) is 75.7 Å². The fourth-order valence-corrected chi connectivity index (χ4v) is 2.29. The maximum Gasteiger partial charge on any atom is 0.453 e. The van der Waals surface area contributed by atoms with Gasteiger partial charge in [-0.15, -0.1) is 0 Å². The molecule has 0 saturated heterocycles. The Kier molecular flexibility index (Phi) is 7.73. The molecule has 0 amide bonds. The van der Waals surface area contributed by atoms with E-state index in [-0.39, 0.29) is 23.7 Å². The third kappa shape index (κ3) is 7.40. The van der Waals surface area contributed by atoms with Crippen molar-refractivity contribution in [3.8, 4) is 11.5 Å². The van der Waals surface area contributed by atoms with Gasteiger partial charge in [-0.2, -0.15) is 22.0 Å². The molecule has 0 radical (unpaired) electrons. The minimum atomic E-state index is -5.60. The van der Waals surface area contributed by atoms with E-state index < -0.39 is 36.9 Å². The van der Waals surface area contributed by atoms with Gasteiger partial charge < -0.3 is 19.4 Å². The van der Waals surface area contributed by atoms with Crippen molar-refractivity contribution in [3.05, 3.63) is 65.7 Å². The Balaban J connectivity index is 1.84. The summed E-state index contributed by atoms with van der Waals surface area (Å²) < 4.78 is 72.1. The van der Waals surface area contributed by atoms with Gasteiger partial charge in [0, 0.05) is 6.42 Å². The number of carboxylic acids is 1. The molecule has 2 aromatic rings. The lowest BCUT2D eigenvalue weighted by Crippen LogP contribution is -2.36. The van der Waals surface area contributed by atoms with E-state index in [4.69, 9.17) is 9.47 Å². The van der Waals surface area contributed by atoms with E-state index in [1.165, 1.54) is 54.6 Å². The summed E-state index contributed by atoms with van der Waals surface area (Å²) in [6.07, 6.45) is -5.33. The summed E-state index contributed by atoms with van der Waals surface area (Å²) in [5.41, 5.74) is 0.704. The number of carbonyl (C=O) groups excluding carboxylic acids is 2. The quantitative estimate of drug-likeness (QED) is 0.192. The fourth-order valence-electron chi connectivity index (χ4n) is 2.29. The van der Waals surface area contributed by atoms with Crippen LogP contribution in [0.3, 0.4) is 0 Å². The molecule has 0 saturated carbocycles. The van der Waals surface area contributed by atoms with Crippen LogP contribution in [0, 0.1) is 0 Å². The zero-order chi connectivity index (χ0) is 23.1. The van der Waals surface area contributed by atoms with Crippen molar-refractivity contribution in [3.63, 3.8) is 0 Å². The standard InChI is InChI=1S/C21H17F5O5/c22-20(23,21(24,25)26)12-1-13-30-16-9-5-15(6-10-16)19(29)31-17-7-2-14(3-8-17)4-11-18(27)28/h2-11H,1,12-13H2,(H,27,28)/p-1/b11-4+. The molecule has 166 valence electrons. The molecule has 0 atom stereocenters. The summed E-state index contributed by atoms with van der Waals surface area (Å²) in [5.74, 6) is -6.42. The SMILES string of the molecule is O=C([O-])/C=C/c1ccc(OC(=O)c2ccc(OCCCC(F)(F)C(F)(F)F)cc2)cc1. The van der Waals surface area contributed by atoms with E-state index in [2.05, 4.69) is 0 Å². The molecule has 0 aliphatic carbocycles. The van der Waals surface area contributed by atoms with Crippen molar-refractivity contribution in [2.24, 2.45) is 0 Å². The smallest absolute Gasteiger partial charge is 0.453 e. The second-order valence-corrected chi connectivity index (χ2v) is 6.29. The molecule has 10 heteroatoms. The molecule has 2 aromatic carbocycles. The van der Waals surface area contributed by atoms with E-state index in [0.717, 1.165) is 6.08 Å². The van der Waals surface area contributed by atoms with Gasteiger partial charge in [0.05, 0.1) is 18.1 Å². The molecule has 0 aromatic heterocycles. The molecule has 0 aliphatic rings. The van der Waals surface area contributed by atoms with Crippen LogP contribution in [0.1, 0.15) is 28.8 Å². The first-order valence-electron chi connectivity index (χ1n) is 8.87. The maximum atomic E-state index is 12.8. The lowest BCUT2D eigenvalue weighted by atomic mass is 10.2. The first-order chi connectivity index (χ1) is 14.5. The molecule has 0 aliphatic heterocycles. The van der Waals surface area contributed by atoms with Crippen LogP contribution in [-0.4, -0.2) is 30.6 Å². The molecule has 0 bridgehead atoms. The van der Waals surface area contributed by atoms with Crippen LogP contribution in [0.25, 0.3) is 6.08 Å². The highest BCUT2D eigenvalue weighted by molar-refractivity contribution is 5.91. The van der Waals surface area contributed by atoms with Gasteiger partial charge in [-0.05, 0) is 54.5 Å². The number of esters is 1. The molecule has 0 fully saturated rings.